The largest absolute Gasteiger partial charge is 0.305 e. The monoisotopic (exact) mass is 368 g/mol. The number of aromatic nitrogens is 1. The molecule has 0 aliphatic carbocycles. The highest BCUT2D eigenvalue weighted by Crippen LogP contribution is 2.20. The number of rotatable bonds is 4. The van der Waals surface area contributed by atoms with Crippen molar-refractivity contribution in [2.75, 3.05) is 0 Å². The van der Waals surface area contributed by atoms with Gasteiger partial charge in [-0.1, -0.05) is 30.3 Å². The van der Waals surface area contributed by atoms with E-state index in [1.165, 1.54) is 5.56 Å². The molecule has 0 bridgehead atoms. The van der Waals surface area contributed by atoms with E-state index < -0.39 is 0 Å². The van der Waals surface area contributed by atoms with Gasteiger partial charge < -0.3 is 5.32 Å². The number of nitrogens with zero attached hydrogens (tertiary/aromatic N) is 1. The van der Waals surface area contributed by atoms with E-state index in [1.54, 1.807) is 0 Å². The maximum Gasteiger partial charge on any atom is 0.0684 e. The maximum absolute atomic E-state index is 4.39. The molecular formula is C14H14Br2N2. The fourth-order valence-corrected chi connectivity index (χ4v) is 2.81. The lowest BCUT2D eigenvalue weighted by Crippen LogP contribution is -2.19. The summed E-state index contributed by atoms with van der Waals surface area (Å²) < 4.78 is 2.00. The van der Waals surface area contributed by atoms with Gasteiger partial charge in [0, 0.05) is 27.7 Å². The van der Waals surface area contributed by atoms with E-state index >= 15 is 0 Å². The van der Waals surface area contributed by atoms with Gasteiger partial charge in [0.1, 0.15) is 0 Å². The van der Waals surface area contributed by atoms with E-state index in [-0.39, 0.29) is 0 Å². The third kappa shape index (κ3) is 3.64. The molecule has 1 atom stereocenters. The molecule has 0 aliphatic rings. The Kier molecular flexibility index (Phi) is 4.92. The molecule has 0 fully saturated rings. The van der Waals surface area contributed by atoms with Crippen LogP contribution >= 0.6 is 31.9 Å². The Hall–Kier alpha value is -0.710. The Labute approximate surface area is 124 Å². The molecule has 0 unspecified atom stereocenters. The summed E-state index contributed by atoms with van der Waals surface area (Å²) in [5.41, 5.74) is 2.30. The average molecular weight is 370 g/mol. The number of benzene rings is 1. The van der Waals surface area contributed by atoms with Crippen molar-refractivity contribution >= 4 is 31.9 Å². The summed E-state index contributed by atoms with van der Waals surface area (Å²) in [7, 11) is 0. The van der Waals surface area contributed by atoms with Crippen molar-refractivity contribution in [2.45, 2.75) is 19.5 Å². The van der Waals surface area contributed by atoms with Crippen LogP contribution in [0.5, 0.6) is 0 Å². The first-order valence-corrected chi connectivity index (χ1v) is 7.33. The zero-order valence-electron chi connectivity index (χ0n) is 10.0. The number of hydrogen-bond acceptors (Lipinski definition) is 2. The summed E-state index contributed by atoms with van der Waals surface area (Å²) in [4.78, 5) is 4.39. The van der Waals surface area contributed by atoms with Gasteiger partial charge >= 0.3 is 0 Å². The Balaban J connectivity index is 1.99. The standard InChI is InChI=1S/C14H14Br2N2/c1-10(11-5-3-2-4-6-11)17-9-14-13(16)7-12(15)8-18-14/h2-8,10,17H,9H2,1H3/t10-/m1/s1. The van der Waals surface area contributed by atoms with Gasteiger partial charge in [-0.15, -0.1) is 0 Å². The summed E-state index contributed by atoms with van der Waals surface area (Å²) >= 11 is 6.92. The number of pyridine rings is 1. The van der Waals surface area contributed by atoms with Gasteiger partial charge in [0.25, 0.3) is 0 Å². The third-order valence-electron chi connectivity index (χ3n) is 2.76. The highest BCUT2D eigenvalue weighted by atomic mass is 79.9. The number of hydrogen-bond donors (Lipinski definition) is 1. The molecule has 0 saturated heterocycles. The fourth-order valence-electron chi connectivity index (χ4n) is 1.68. The molecule has 4 heteroatoms. The molecule has 1 aromatic heterocycles. The van der Waals surface area contributed by atoms with Crippen LogP contribution in [0.1, 0.15) is 24.2 Å². The molecule has 0 amide bonds. The van der Waals surface area contributed by atoms with Crippen molar-refractivity contribution in [2.24, 2.45) is 0 Å². The normalized spacial score (nSPS) is 12.4. The zero-order valence-corrected chi connectivity index (χ0v) is 13.2. The number of nitrogens with one attached hydrogen (secondary N) is 1. The van der Waals surface area contributed by atoms with Crippen LogP contribution in [0.3, 0.4) is 0 Å². The van der Waals surface area contributed by atoms with Crippen molar-refractivity contribution in [3.8, 4) is 0 Å². The van der Waals surface area contributed by atoms with Gasteiger partial charge in [0.2, 0.25) is 0 Å². The zero-order chi connectivity index (χ0) is 13.0. The molecule has 1 aromatic carbocycles. The SMILES string of the molecule is C[C@@H](NCc1ncc(Br)cc1Br)c1ccccc1. The summed E-state index contributed by atoms with van der Waals surface area (Å²) in [6, 6.07) is 12.7. The van der Waals surface area contributed by atoms with Crippen LogP contribution in [0.2, 0.25) is 0 Å². The molecule has 0 saturated carbocycles. The fraction of sp³-hybridized carbons (Fsp3) is 0.214. The van der Waals surface area contributed by atoms with E-state index in [9.17, 15) is 0 Å². The predicted molar refractivity (Wildman–Crippen MR) is 81.3 cm³/mol. The molecule has 2 rings (SSSR count). The number of halogens is 2. The maximum atomic E-state index is 4.39. The van der Waals surface area contributed by atoms with Gasteiger partial charge in [-0.05, 0) is 50.4 Å². The molecule has 2 aromatic rings. The van der Waals surface area contributed by atoms with E-state index in [0.29, 0.717) is 6.04 Å². The van der Waals surface area contributed by atoms with Gasteiger partial charge in [-0.3, -0.25) is 4.98 Å². The molecule has 0 aliphatic heterocycles. The minimum Gasteiger partial charge on any atom is -0.305 e. The Morgan fingerprint density at radius 2 is 1.94 bits per heavy atom. The van der Waals surface area contributed by atoms with Crippen molar-refractivity contribution in [3.05, 3.63) is 62.8 Å². The van der Waals surface area contributed by atoms with E-state index in [4.69, 9.17) is 0 Å². The van der Waals surface area contributed by atoms with Gasteiger partial charge in [-0.25, -0.2) is 0 Å². The van der Waals surface area contributed by atoms with Crippen LogP contribution in [0.25, 0.3) is 0 Å². The van der Waals surface area contributed by atoms with Crippen LogP contribution in [0.15, 0.2) is 51.5 Å². The quantitative estimate of drug-likeness (QED) is 0.860. The summed E-state index contributed by atoms with van der Waals surface area (Å²) in [5.74, 6) is 0. The molecule has 1 heterocycles. The second-order valence-corrected chi connectivity index (χ2v) is 5.87. The third-order valence-corrected chi connectivity index (χ3v) is 3.88. The summed E-state index contributed by atoms with van der Waals surface area (Å²) in [6.45, 7) is 2.89. The highest BCUT2D eigenvalue weighted by Gasteiger charge is 2.06. The predicted octanol–water partition coefficient (Wildman–Crippen LogP) is 4.46. The molecule has 0 radical (unpaired) electrons. The second-order valence-electron chi connectivity index (χ2n) is 4.10. The highest BCUT2D eigenvalue weighted by molar-refractivity contribution is 9.11. The Bertz CT molecular complexity index is 514. The van der Waals surface area contributed by atoms with Crippen molar-refractivity contribution in [1.82, 2.24) is 10.3 Å². The lowest BCUT2D eigenvalue weighted by atomic mass is 10.1. The van der Waals surface area contributed by atoms with Crippen molar-refractivity contribution < 1.29 is 0 Å². The van der Waals surface area contributed by atoms with Crippen LogP contribution < -0.4 is 5.32 Å². The molecular weight excluding hydrogens is 356 g/mol. The molecule has 1 N–H and O–H groups in total. The van der Waals surface area contributed by atoms with Crippen LogP contribution in [-0.4, -0.2) is 4.98 Å². The van der Waals surface area contributed by atoms with Gasteiger partial charge in [0.15, 0.2) is 0 Å². The van der Waals surface area contributed by atoms with Crippen molar-refractivity contribution in [3.63, 3.8) is 0 Å². The molecule has 94 valence electrons. The minimum atomic E-state index is 0.309. The summed E-state index contributed by atoms with van der Waals surface area (Å²) in [5, 5.41) is 3.47. The molecule has 2 nitrogen and oxygen atoms in total. The van der Waals surface area contributed by atoms with Crippen LogP contribution in [0.4, 0.5) is 0 Å². The lowest BCUT2D eigenvalue weighted by Gasteiger charge is -2.14. The average Bonchev–Trinajstić information content (AvgIpc) is 2.38. The lowest BCUT2D eigenvalue weighted by molar-refractivity contribution is 0.566. The van der Waals surface area contributed by atoms with Gasteiger partial charge in [0.05, 0.1) is 5.69 Å². The topological polar surface area (TPSA) is 24.9 Å². The first-order chi connectivity index (χ1) is 8.66. The first-order valence-electron chi connectivity index (χ1n) is 5.75. The second kappa shape index (κ2) is 6.45. The Morgan fingerprint density at radius 1 is 1.22 bits per heavy atom. The van der Waals surface area contributed by atoms with Crippen LogP contribution in [0, 0.1) is 0 Å². The van der Waals surface area contributed by atoms with E-state index in [2.05, 4.69) is 73.3 Å². The van der Waals surface area contributed by atoms with Gasteiger partial charge in [-0.2, -0.15) is 0 Å². The van der Waals surface area contributed by atoms with E-state index in [0.717, 1.165) is 21.2 Å². The Morgan fingerprint density at radius 3 is 2.61 bits per heavy atom. The molecule has 18 heavy (non-hydrogen) atoms. The smallest absolute Gasteiger partial charge is 0.0684 e. The minimum absolute atomic E-state index is 0.309. The van der Waals surface area contributed by atoms with Crippen LogP contribution in [-0.2, 0) is 6.54 Å². The first kappa shape index (κ1) is 13.7. The molecule has 0 spiro atoms. The van der Waals surface area contributed by atoms with E-state index in [1.807, 2.05) is 18.3 Å². The van der Waals surface area contributed by atoms with Crippen molar-refractivity contribution in [1.29, 1.82) is 0 Å². The summed E-state index contributed by atoms with van der Waals surface area (Å²) in [6.07, 6.45) is 1.81.